The van der Waals surface area contributed by atoms with Gasteiger partial charge in [-0.25, -0.2) is 15.0 Å². The molecule has 0 unspecified atom stereocenters. The molecule has 0 amide bonds. The molecule has 0 saturated carbocycles. The van der Waals surface area contributed by atoms with E-state index >= 15 is 0 Å². The second kappa shape index (κ2) is 5.33. The number of hydrogen-bond acceptors (Lipinski definition) is 5. The normalized spacial score (nSPS) is 11.8. The number of anilines is 1. The third-order valence-corrected chi connectivity index (χ3v) is 3.20. The summed E-state index contributed by atoms with van der Waals surface area (Å²) in [4.78, 5) is 13.4. The van der Waals surface area contributed by atoms with Gasteiger partial charge in [0.15, 0.2) is 11.0 Å². The predicted molar refractivity (Wildman–Crippen MR) is 81.8 cm³/mol. The van der Waals surface area contributed by atoms with Crippen LogP contribution in [0.5, 0.6) is 0 Å². The molecule has 2 aromatic rings. The van der Waals surface area contributed by atoms with Gasteiger partial charge >= 0.3 is 0 Å². The quantitative estimate of drug-likeness (QED) is 0.686. The maximum atomic E-state index is 4.57. The van der Waals surface area contributed by atoms with Crippen LogP contribution in [-0.4, -0.2) is 27.8 Å². The van der Waals surface area contributed by atoms with Crippen molar-refractivity contribution in [3.8, 4) is 0 Å². The Morgan fingerprint density at radius 3 is 2.63 bits per heavy atom. The zero-order valence-electron chi connectivity index (χ0n) is 12.1. The molecular weight excluding hydrogens is 256 g/mol. The van der Waals surface area contributed by atoms with Crippen molar-refractivity contribution in [1.29, 1.82) is 0 Å². The second-order valence-electron chi connectivity index (χ2n) is 5.82. The lowest BCUT2D eigenvalue weighted by Gasteiger charge is -2.20. The molecule has 0 aliphatic rings. The molecule has 0 aromatic carbocycles. The second-order valence-corrected chi connectivity index (χ2v) is 6.59. The highest BCUT2D eigenvalue weighted by atomic mass is 32.2. The lowest BCUT2D eigenvalue weighted by Crippen LogP contribution is -2.20. The number of nitrogens with zero attached hydrogens (tertiary/aromatic N) is 3. The highest BCUT2D eigenvalue weighted by Gasteiger charge is 2.13. The fourth-order valence-electron chi connectivity index (χ4n) is 1.73. The molecule has 5 heteroatoms. The highest BCUT2D eigenvalue weighted by Crippen LogP contribution is 2.23. The first-order valence-electron chi connectivity index (χ1n) is 6.31. The summed E-state index contributed by atoms with van der Waals surface area (Å²) in [5, 5.41) is 5.21. The minimum Gasteiger partial charge on any atom is -0.368 e. The van der Waals surface area contributed by atoms with Gasteiger partial charge < -0.3 is 5.32 Å². The third-order valence-electron chi connectivity index (χ3n) is 2.64. The van der Waals surface area contributed by atoms with E-state index in [2.05, 4.69) is 41.0 Å². The number of aromatic nitrogens is 3. The number of fused-ring (bicyclic) bond motifs is 1. The van der Waals surface area contributed by atoms with E-state index in [0.717, 1.165) is 34.1 Å². The average molecular weight is 276 g/mol. The van der Waals surface area contributed by atoms with Gasteiger partial charge in [0.05, 0.1) is 0 Å². The Morgan fingerprint density at radius 2 is 2.00 bits per heavy atom. The molecule has 0 spiro atoms. The van der Waals surface area contributed by atoms with E-state index in [1.54, 1.807) is 11.8 Å². The third kappa shape index (κ3) is 3.56. The molecule has 102 valence electrons. The number of nitrogens with one attached hydrogen (secondary N) is 1. The summed E-state index contributed by atoms with van der Waals surface area (Å²) in [5.41, 5.74) is 2.08. The summed E-state index contributed by atoms with van der Waals surface area (Å²) < 4.78 is 0. The van der Waals surface area contributed by atoms with E-state index in [0.29, 0.717) is 0 Å². The van der Waals surface area contributed by atoms with Crippen molar-refractivity contribution < 1.29 is 0 Å². The topological polar surface area (TPSA) is 50.7 Å². The van der Waals surface area contributed by atoms with E-state index < -0.39 is 0 Å². The maximum absolute atomic E-state index is 4.57. The van der Waals surface area contributed by atoms with Gasteiger partial charge in [-0.3, -0.25) is 0 Å². The fraction of sp³-hybridized carbons (Fsp3) is 0.500. The summed E-state index contributed by atoms with van der Waals surface area (Å²) in [5.74, 6) is 0.850. The van der Waals surface area contributed by atoms with Crippen LogP contribution < -0.4 is 5.32 Å². The van der Waals surface area contributed by atoms with Crippen molar-refractivity contribution in [3.05, 3.63) is 18.0 Å². The summed E-state index contributed by atoms with van der Waals surface area (Å²) in [6.07, 6.45) is 3.84. The number of pyridine rings is 1. The van der Waals surface area contributed by atoms with E-state index in [-0.39, 0.29) is 5.41 Å². The molecule has 2 rings (SSSR count). The first-order chi connectivity index (χ1) is 8.89. The molecule has 2 heterocycles. The molecule has 0 radical (unpaired) electrons. The molecule has 19 heavy (non-hydrogen) atoms. The standard InChI is InChI=1S/C14H20N4S/c1-9-6-10-7-15-13(19-5)18-11(10)12(17-9)16-8-14(2,3)4/h6-7H,8H2,1-5H3,(H,16,17). The lowest BCUT2D eigenvalue weighted by molar-refractivity contribution is 0.442. The van der Waals surface area contributed by atoms with E-state index in [4.69, 9.17) is 0 Å². The van der Waals surface area contributed by atoms with Gasteiger partial charge in [0, 0.05) is 23.8 Å². The van der Waals surface area contributed by atoms with Crippen LogP contribution in [-0.2, 0) is 0 Å². The first kappa shape index (κ1) is 14.1. The fourth-order valence-corrected chi connectivity index (χ4v) is 2.07. The average Bonchev–Trinajstić information content (AvgIpc) is 2.34. The van der Waals surface area contributed by atoms with E-state index in [9.17, 15) is 0 Å². The van der Waals surface area contributed by atoms with Crippen molar-refractivity contribution in [2.75, 3.05) is 18.1 Å². The molecular formula is C14H20N4S. The molecule has 0 bridgehead atoms. The molecule has 0 aliphatic carbocycles. The molecule has 1 N–H and O–H groups in total. The minimum atomic E-state index is 0.202. The maximum Gasteiger partial charge on any atom is 0.187 e. The van der Waals surface area contributed by atoms with Crippen molar-refractivity contribution in [3.63, 3.8) is 0 Å². The largest absolute Gasteiger partial charge is 0.368 e. The summed E-state index contributed by atoms with van der Waals surface area (Å²) in [7, 11) is 0. The van der Waals surface area contributed by atoms with Gasteiger partial charge in [-0.2, -0.15) is 0 Å². The van der Waals surface area contributed by atoms with Crippen molar-refractivity contribution in [1.82, 2.24) is 15.0 Å². The number of thioether (sulfide) groups is 1. The lowest BCUT2D eigenvalue weighted by atomic mass is 9.97. The van der Waals surface area contributed by atoms with Gasteiger partial charge in [0.2, 0.25) is 0 Å². The van der Waals surface area contributed by atoms with Crippen LogP contribution in [0.4, 0.5) is 5.82 Å². The van der Waals surface area contributed by atoms with Crippen molar-refractivity contribution in [2.45, 2.75) is 32.9 Å². The highest BCUT2D eigenvalue weighted by molar-refractivity contribution is 7.98. The van der Waals surface area contributed by atoms with Crippen molar-refractivity contribution in [2.24, 2.45) is 5.41 Å². The zero-order valence-corrected chi connectivity index (χ0v) is 12.9. The summed E-state index contributed by atoms with van der Waals surface area (Å²) in [6.45, 7) is 9.43. The zero-order chi connectivity index (χ0) is 14.0. The molecule has 0 atom stereocenters. The molecule has 4 nitrogen and oxygen atoms in total. The smallest absolute Gasteiger partial charge is 0.187 e. The monoisotopic (exact) mass is 276 g/mol. The van der Waals surface area contributed by atoms with Crippen LogP contribution in [0.3, 0.4) is 0 Å². The van der Waals surface area contributed by atoms with Crippen molar-refractivity contribution >= 4 is 28.5 Å². The Morgan fingerprint density at radius 1 is 1.26 bits per heavy atom. The van der Waals surface area contributed by atoms with Crippen LogP contribution in [0, 0.1) is 12.3 Å². The Labute approximate surface area is 118 Å². The Kier molecular flexibility index (Phi) is 3.94. The van der Waals surface area contributed by atoms with Gasteiger partial charge in [0.25, 0.3) is 0 Å². The van der Waals surface area contributed by atoms with Gasteiger partial charge in [-0.1, -0.05) is 32.5 Å². The Hall–Kier alpha value is -1.36. The number of rotatable bonds is 3. The molecule has 0 fully saturated rings. The van der Waals surface area contributed by atoms with Crippen LogP contribution >= 0.6 is 11.8 Å². The Balaban J connectivity index is 2.45. The SMILES string of the molecule is CSc1ncc2cc(C)nc(NCC(C)(C)C)c2n1. The molecule has 0 aliphatic heterocycles. The van der Waals surface area contributed by atoms with Crippen LogP contribution in [0.2, 0.25) is 0 Å². The van der Waals surface area contributed by atoms with Crippen LogP contribution in [0.1, 0.15) is 26.5 Å². The van der Waals surface area contributed by atoms with Gasteiger partial charge in [-0.15, -0.1) is 0 Å². The number of aryl methyl sites for hydroxylation is 1. The first-order valence-corrected chi connectivity index (χ1v) is 7.54. The van der Waals surface area contributed by atoms with E-state index in [1.807, 2.05) is 25.4 Å². The molecule has 2 aromatic heterocycles. The summed E-state index contributed by atoms with van der Waals surface area (Å²) in [6, 6.07) is 2.02. The minimum absolute atomic E-state index is 0.202. The number of hydrogen-bond donors (Lipinski definition) is 1. The Bertz CT molecular complexity index is 590. The molecule has 0 saturated heterocycles. The van der Waals surface area contributed by atoms with Crippen LogP contribution in [0.15, 0.2) is 17.4 Å². The predicted octanol–water partition coefficient (Wildman–Crippen LogP) is 3.51. The van der Waals surface area contributed by atoms with Gasteiger partial charge in [-0.05, 0) is 24.7 Å². The van der Waals surface area contributed by atoms with Crippen LogP contribution in [0.25, 0.3) is 10.9 Å². The van der Waals surface area contributed by atoms with E-state index in [1.165, 1.54) is 0 Å². The van der Waals surface area contributed by atoms with Gasteiger partial charge in [0.1, 0.15) is 5.52 Å². The summed E-state index contributed by atoms with van der Waals surface area (Å²) >= 11 is 1.54.